The molecule has 0 aliphatic heterocycles. The minimum Gasteiger partial charge on any atom is -0.382 e. The molecule has 0 aromatic carbocycles. The normalized spacial score (nSPS) is 10.2. The fourth-order valence-corrected chi connectivity index (χ4v) is 1.97. The van der Waals surface area contributed by atoms with E-state index in [-0.39, 0.29) is 11.5 Å². The van der Waals surface area contributed by atoms with Crippen LogP contribution in [0.15, 0.2) is 21.5 Å². The van der Waals surface area contributed by atoms with Gasteiger partial charge in [0.05, 0.1) is 6.20 Å². The molecule has 0 aliphatic rings. The summed E-state index contributed by atoms with van der Waals surface area (Å²) in [7, 11) is 0. The molecule has 4 N–H and O–H groups in total. The summed E-state index contributed by atoms with van der Waals surface area (Å²) in [6, 6.07) is 1.43. The van der Waals surface area contributed by atoms with E-state index in [1.54, 1.807) is 0 Å². The van der Waals surface area contributed by atoms with E-state index in [1.807, 2.05) is 0 Å². The molecule has 7 nitrogen and oxygen atoms in total. The Balaban J connectivity index is 2.18. The van der Waals surface area contributed by atoms with Crippen molar-refractivity contribution < 1.29 is 4.79 Å². The van der Waals surface area contributed by atoms with Gasteiger partial charge in [0.15, 0.2) is 5.82 Å². The summed E-state index contributed by atoms with van der Waals surface area (Å²) in [6.45, 7) is 0. The van der Waals surface area contributed by atoms with Gasteiger partial charge in [-0.05, 0) is 31.9 Å². The van der Waals surface area contributed by atoms with Gasteiger partial charge in [0.25, 0.3) is 5.91 Å². The standard InChI is InChI=1S/C8H6Br2N6O/c9-4-2-12-7(6(10)13-4)14-8(17)3-1-5(11)16-15-3/h1-2H,(H3,11,15,16)(H,12,14,17). The van der Waals surface area contributed by atoms with Crippen molar-refractivity contribution in [3.63, 3.8) is 0 Å². The van der Waals surface area contributed by atoms with E-state index >= 15 is 0 Å². The first-order chi connectivity index (χ1) is 8.06. The molecular formula is C8H6Br2N6O. The number of carbonyl (C=O) groups is 1. The van der Waals surface area contributed by atoms with Crippen LogP contribution in [0.4, 0.5) is 11.6 Å². The van der Waals surface area contributed by atoms with Crippen molar-refractivity contribution in [1.82, 2.24) is 20.2 Å². The predicted molar refractivity (Wildman–Crippen MR) is 68.4 cm³/mol. The van der Waals surface area contributed by atoms with E-state index in [2.05, 4.69) is 57.3 Å². The molecular weight excluding hydrogens is 356 g/mol. The van der Waals surface area contributed by atoms with Crippen LogP contribution in [0, 0.1) is 0 Å². The van der Waals surface area contributed by atoms with Crippen molar-refractivity contribution in [2.45, 2.75) is 0 Å². The van der Waals surface area contributed by atoms with E-state index < -0.39 is 5.91 Å². The van der Waals surface area contributed by atoms with Crippen LogP contribution in [-0.2, 0) is 0 Å². The molecule has 0 aliphatic carbocycles. The SMILES string of the molecule is Nc1cc(C(=O)Nc2ncc(Br)nc2Br)[nH]n1. The molecule has 0 fully saturated rings. The van der Waals surface area contributed by atoms with Gasteiger partial charge in [0, 0.05) is 6.07 Å². The molecule has 2 aromatic rings. The highest BCUT2D eigenvalue weighted by molar-refractivity contribution is 9.11. The average Bonchev–Trinajstić information content (AvgIpc) is 2.69. The van der Waals surface area contributed by atoms with Gasteiger partial charge in [0.2, 0.25) is 0 Å². The smallest absolute Gasteiger partial charge is 0.274 e. The van der Waals surface area contributed by atoms with Gasteiger partial charge >= 0.3 is 0 Å². The lowest BCUT2D eigenvalue weighted by atomic mass is 10.4. The maximum atomic E-state index is 11.7. The molecule has 0 saturated heterocycles. The molecule has 0 bridgehead atoms. The molecule has 17 heavy (non-hydrogen) atoms. The van der Waals surface area contributed by atoms with E-state index in [0.717, 1.165) is 0 Å². The molecule has 0 atom stereocenters. The number of H-pyrrole nitrogens is 1. The van der Waals surface area contributed by atoms with Gasteiger partial charge in [-0.15, -0.1) is 0 Å². The number of anilines is 2. The van der Waals surface area contributed by atoms with E-state index in [0.29, 0.717) is 15.0 Å². The maximum absolute atomic E-state index is 11.7. The molecule has 88 valence electrons. The first kappa shape index (κ1) is 12.0. The molecule has 0 saturated carbocycles. The Kier molecular flexibility index (Phi) is 3.38. The number of nitrogens with one attached hydrogen (secondary N) is 2. The van der Waals surface area contributed by atoms with Crippen LogP contribution < -0.4 is 11.1 Å². The number of nitrogens with two attached hydrogens (primary N) is 1. The molecule has 0 unspecified atom stereocenters. The van der Waals surface area contributed by atoms with Crippen LogP contribution in [0.3, 0.4) is 0 Å². The lowest BCUT2D eigenvalue weighted by Crippen LogP contribution is -2.14. The Hall–Kier alpha value is -1.48. The van der Waals surface area contributed by atoms with Crippen LogP contribution >= 0.6 is 31.9 Å². The number of halogens is 2. The third-order valence-electron chi connectivity index (χ3n) is 1.77. The number of aromatic nitrogens is 4. The van der Waals surface area contributed by atoms with E-state index in [4.69, 9.17) is 5.73 Å². The van der Waals surface area contributed by atoms with E-state index in [9.17, 15) is 4.79 Å². The Morgan fingerprint density at radius 2 is 2.24 bits per heavy atom. The summed E-state index contributed by atoms with van der Waals surface area (Å²) in [5.74, 6) is 0.161. The summed E-state index contributed by atoms with van der Waals surface area (Å²) in [5, 5.41) is 8.71. The zero-order valence-electron chi connectivity index (χ0n) is 8.24. The summed E-state index contributed by atoms with van der Waals surface area (Å²) >= 11 is 6.35. The predicted octanol–water partition coefficient (Wildman–Crippen LogP) is 1.56. The number of nitrogens with zero attached hydrogens (tertiary/aromatic N) is 3. The van der Waals surface area contributed by atoms with Gasteiger partial charge in [-0.3, -0.25) is 9.89 Å². The topological polar surface area (TPSA) is 110 Å². The number of carbonyl (C=O) groups excluding carboxylic acids is 1. The van der Waals surface area contributed by atoms with Gasteiger partial charge in [-0.2, -0.15) is 5.10 Å². The minimum absolute atomic E-state index is 0.246. The van der Waals surface area contributed by atoms with Crippen LogP contribution in [-0.4, -0.2) is 26.1 Å². The summed E-state index contributed by atoms with van der Waals surface area (Å²) in [4.78, 5) is 19.8. The molecule has 0 radical (unpaired) electrons. The highest BCUT2D eigenvalue weighted by Gasteiger charge is 2.12. The number of aromatic amines is 1. The third kappa shape index (κ3) is 2.80. The second kappa shape index (κ2) is 4.80. The summed E-state index contributed by atoms with van der Waals surface area (Å²) in [5.41, 5.74) is 5.64. The van der Waals surface area contributed by atoms with Gasteiger partial charge in [-0.25, -0.2) is 9.97 Å². The van der Waals surface area contributed by atoms with Gasteiger partial charge in [0.1, 0.15) is 20.7 Å². The zero-order valence-corrected chi connectivity index (χ0v) is 11.4. The third-order valence-corrected chi connectivity index (χ3v) is 2.71. The first-order valence-corrected chi connectivity index (χ1v) is 5.95. The fraction of sp³-hybridized carbons (Fsp3) is 0. The number of amides is 1. The Morgan fingerprint density at radius 3 is 2.82 bits per heavy atom. The van der Waals surface area contributed by atoms with Gasteiger partial charge < -0.3 is 11.1 Å². The Bertz CT molecular complexity index is 569. The highest BCUT2D eigenvalue weighted by Crippen LogP contribution is 2.19. The van der Waals surface area contributed by atoms with Gasteiger partial charge in [-0.1, -0.05) is 0 Å². The van der Waals surface area contributed by atoms with Crippen LogP contribution in [0.5, 0.6) is 0 Å². The lowest BCUT2D eigenvalue weighted by Gasteiger charge is -2.04. The lowest BCUT2D eigenvalue weighted by molar-refractivity contribution is 0.102. The molecule has 2 heterocycles. The summed E-state index contributed by atoms with van der Waals surface area (Å²) in [6.07, 6.45) is 1.47. The van der Waals surface area contributed by atoms with Crippen molar-refractivity contribution in [2.75, 3.05) is 11.1 Å². The number of rotatable bonds is 2. The van der Waals surface area contributed by atoms with Crippen molar-refractivity contribution in [1.29, 1.82) is 0 Å². The molecule has 2 aromatic heterocycles. The second-order valence-corrected chi connectivity index (χ2v) is 4.56. The van der Waals surface area contributed by atoms with Crippen LogP contribution in [0.2, 0.25) is 0 Å². The molecule has 9 heteroatoms. The average molecular weight is 362 g/mol. The van der Waals surface area contributed by atoms with Crippen molar-refractivity contribution in [3.8, 4) is 0 Å². The minimum atomic E-state index is -0.397. The van der Waals surface area contributed by atoms with E-state index in [1.165, 1.54) is 12.3 Å². The highest BCUT2D eigenvalue weighted by atomic mass is 79.9. The van der Waals surface area contributed by atoms with Crippen molar-refractivity contribution in [2.24, 2.45) is 0 Å². The second-order valence-electron chi connectivity index (χ2n) is 2.99. The number of hydrogen-bond donors (Lipinski definition) is 3. The molecule has 2 rings (SSSR count). The zero-order chi connectivity index (χ0) is 12.4. The quantitative estimate of drug-likeness (QED) is 0.751. The number of hydrogen-bond acceptors (Lipinski definition) is 5. The largest absolute Gasteiger partial charge is 0.382 e. The molecule has 0 spiro atoms. The Labute approximate surface area is 112 Å². The van der Waals surface area contributed by atoms with Crippen LogP contribution in [0.1, 0.15) is 10.5 Å². The summed E-state index contributed by atoms with van der Waals surface area (Å²) < 4.78 is 0.987. The monoisotopic (exact) mass is 360 g/mol. The van der Waals surface area contributed by atoms with Crippen molar-refractivity contribution >= 4 is 49.4 Å². The number of nitrogen functional groups attached to an aromatic ring is 1. The first-order valence-electron chi connectivity index (χ1n) is 4.36. The Morgan fingerprint density at radius 1 is 1.47 bits per heavy atom. The van der Waals surface area contributed by atoms with Crippen molar-refractivity contribution in [3.05, 3.63) is 27.2 Å². The maximum Gasteiger partial charge on any atom is 0.274 e. The molecule has 1 amide bonds. The van der Waals surface area contributed by atoms with Crippen LogP contribution in [0.25, 0.3) is 0 Å². The fourth-order valence-electron chi connectivity index (χ4n) is 1.06.